The van der Waals surface area contributed by atoms with E-state index in [2.05, 4.69) is 20.5 Å². The number of anilines is 2. The number of urea groups is 1. The summed E-state index contributed by atoms with van der Waals surface area (Å²) < 4.78 is 25.6. The van der Waals surface area contributed by atoms with E-state index in [1.54, 1.807) is 29.2 Å². The van der Waals surface area contributed by atoms with Crippen molar-refractivity contribution in [2.24, 2.45) is 0 Å². The van der Waals surface area contributed by atoms with Gasteiger partial charge in [-0.1, -0.05) is 11.6 Å². The lowest BCUT2D eigenvalue weighted by Crippen LogP contribution is -2.39. The Balaban J connectivity index is 1.24. The minimum Gasteiger partial charge on any atom is -0.484 e. The Hall–Kier alpha value is -4.25. The molecule has 192 valence electrons. The van der Waals surface area contributed by atoms with Crippen LogP contribution in [0, 0.1) is 5.82 Å². The molecular formula is C26H20ClFN6O4. The van der Waals surface area contributed by atoms with Crippen LogP contribution in [0.5, 0.6) is 5.75 Å². The predicted molar refractivity (Wildman–Crippen MR) is 135 cm³/mol. The number of rotatable bonds is 4. The number of fused-ring (bicyclic) bond motifs is 2. The number of aromatic nitrogens is 4. The van der Waals surface area contributed by atoms with Crippen molar-refractivity contribution < 1.29 is 18.3 Å². The Morgan fingerprint density at radius 3 is 2.76 bits per heavy atom. The number of ether oxygens (including phenoxy) is 1. The highest BCUT2D eigenvalue weighted by Crippen LogP contribution is 2.46. The van der Waals surface area contributed by atoms with Crippen LogP contribution in [0.2, 0.25) is 5.02 Å². The molecule has 0 bridgehead atoms. The first-order valence-corrected chi connectivity index (χ1v) is 12.6. The van der Waals surface area contributed by atoms with Crippen molar-refractivity contribution >= 4 is 29.0 Å². The van der Waals surface area contributed by atoms with Crippen molar-refractivity contribution in [1.29, 1.82) is 0 Å². The van der Waals surface area contributed by atoms with Gasteiger partial charge < -0.3 is 14.5 Å². The highest BCUT2D eigenvalue weighted by Gasteiger charge is 2.36. The summed E-state index contributed by atoms with van der Waals surface area (Å²) in [5.74, 6) is -0.266. The first kappa shape index (κ1) is 22.9. The van der Waals surface area contributed by atoms with Crippen LogP contribution in [-0.2, 0) is 13.0 Å². The van der Waals surface area contributed by atoms with Crippen LogP contribution in [0.4, 0.5) is 20.6 Å². The molecule has 1 aliphatic carbocycles. The van der Waals surface area contributed by atoms with Gasteiger partial charge in [-0.15, -0.1) is 5.10 Å². The zero-order valence-corrected chi connectivity index (χ0v) is 20.6. The molecule has 1 aromatic carbocycles. The standard InChI is InChI=1S/C26H20ClFN6O4/c27-15-8-13-5-6-20(23-16(28)2-1-7-29-23)37-21(13)10-19(15)34-11-14-17(31-25(34)35)9-18(24-32-33-26(36)38-24)30-22(14)12-3-4-12/h1-2,7-10,12,20H,3-6,11H2,(H,31,35)(H,33,36). The van der Waals surface area contributed by atoms with E-state index in [-0.39, 0.29) is 30.1 Å². The second kappa shape index (κ2) is 8.66. The quantitative estimate of drug-likeness (QED) is 0.372. The molecule has 0 radical (unpaired) electrons. The molecule has 2 aliphatic heterocycles. The summed E-state index contributed by atoms with van der Waals surface area (Å²) in [6.07, 6.45) is 4.13. The molecule has 38 heavy (non-hydrogen) atoms. The highest BCUT2D eigenvalue weighted by molar-refractivity contribution is 6.34. The molecule has 2 N–H and O–H groups in total. The maximum absolute atomic E-state index is 14.4. The number of nitrogens with one attached hydrogen (secondary N) is 2. The van der Waals surface area contributed by atoms with Gasteiger partial charge in [0, 0.05) is 23.7 Å². The number of hydrogen-bond acceptors (Lipinski definition) is 7. The molecule has 7 rings (SSSR count). The maximum Gasteiger partial charge on any atom is 0.434 e. The summed E-state index contributed by atoms with van der Waals surface area (Å²) in [4.78, 5) is 35.2. The van der Waals surface area contributed by atoms with Crippen molar-refractivity contribution in [3.05, 3.63) is 80.4 Å². The first-order chi connectivity index (χ1) is 18.4. The molecule has 12 heteroatoms. The van der Waals surface area contributed by atoms with E-state index >= 15 is 0 Å². The summed E-state index contributed by atoms with van der Waals surface area (Å²) in [5.41, 5.74) is 4.24. The third-order valence-electron chi connectivity index (χ3n) is 7.04. The topological polar surface area (TPSA) is 126 Å². The Morgan fingerprint density at radius 2 is 2.00 bits per heavy atom. The molecule has 2 amide bonds. The molecular weight excluding hydrogens is 515 g/mol. The number of aromatic amines is 1. The Morgan fingerprint density at radius 1 is 1.13 bits per heavy atom. The zero-order valence-electron chi connectivity index (χ0n) is 19.8. The third kappa shape index (κ3) is 3.90. The largest absolute Gasteiger partial charge is 0.484 e. The summed E-state index contributed by atoms with van der Waals surface area (Å²) in [5, 5.41) is 9.45. The fourth-order valence-corrected chi connectivity index (χ4v) is 5.33. The van der Waals surface area contributed by atoms with Crippen LogP contribution in [0.25, 0.3) is 11.6 Å². The Labute approximate surface area is 219 Å². The maximum atomic E-state index is 14.4. The number of aryl methyl sites for hydroxylation is 1. The molecule has 4 aromatic rings. The lowest BCUT2D eigenvalue weighted by atomic mass is 9.98. The number of hydrogen-bond donors (Lipinski definition) is 2. The molecule has 1 fully saturated rings. The molecule has 1 atom stereocenters. The monoisotopic (exact) mass is 534 g/mol. The van der Waals surface area contributed by atoms with Crippen molar-refractivity contribution in [3.63, 3.8) is 0 Å². The SMILES string of the molecule is O=C1Nc2cc(-c3n[nH]c(=O)o3)nc(C3CC3)c2CN1c1cc2c(cc1Cl)CCC(c1ncccc1F)O2. The van der Waals surface area contributed by atoms with E-state index in [9.17, 15) is 14.0 Å². The van der Waals surface area contributed by atoms with Crippen molar-refractivity contribution in [3.8, 4) is 17.3 Å². The number of carbonyl (C=O) groups excluding carboxylic acids is 1. The summed E-state index contributed by atoms with van der Waals surface area (Å²) >= 11 is 6.67. The van der Waals surface area contributed by atoms with E-state index in [1.807, 2.05) is 0 Å². The predicted octanol–water partition coefficient (Wildman–Crippen LogP) is 5.11. The molecule has 0 spiro atoms. The fraction of sp³-hybridized carbons (Fsp3) is 0.269. The molecule has 0 saturated heterocycles. The van der Waals surface area contributed by atoms with Gasteiger partial charge >= 0.3 is 11.8 Å². The van der Waals surface area contributed by atoms with Gasteiger partial charge in [0.2, 0.25) is 0 Å². The molecule has 1 unspecified atom stereocenters. The van der Waals surface area contributed by atoms with E-state index in [1.165, 1.54) is 12.3 Å². The average Bonchev–Trinajstić information content (AvgIpc) is 3.67. The lowest BCUT2D eigenvalue weighted by Gasteiger charge is -2.33. The van der Waals surface area contributed by atoms with Gasteiger partial charge in [-0.25, -0.2) is 24.1 Å². The van der Waals surface area contributed by atoms with Gasteiger partial charge in [0.1, 0.15) is 29.1 Å². The number of pyridine rings is 2. The lowest BCUT2D eigenvalue weighted by molar-refractivity contribution is 0.167. The summed E-state index contributed by atoms with van der Waals surface area (Å²) in [6.45, 7) is 0.238. The van der Waals surface area contributed by atoms with Gasteiger partial charge in [0.05, 0.1) is 28.6 Å². The fourth-order valence-electron chi connectivity index (χ4n) is 5.04. The van der Waals surface area contributed by atoms with Crippen molar-refractivity contribution in [2.45, 2.75) is 44.2 Å². The second-order valence-electron chi connectivity index (χ2n) is 9.55. The van der Waals surface area contributed by atoms with Crippen LogP contribution in [-0.4, -0.2) is 26.2 Å². The van der Waals surface area contributed by atoms with Gasteiger partial charge in [-0.3, -0.25) is 9.88 Å². The zero-order chi connectivity index (χ0) is 26.0. The van der Waals surface area contributed by atoms with Crippen molar-refractivity contribution in [2.75, 3.05) is 10.2 Å². The van der Waals surface area contributed by atoms with Gasteiger partial charge in [0.25, 0.3) is 5.89 Å². The third-order valence-corrected chi connectivity index (χ3v) is 7.34. The molecule has 10 nitrogen and oxygen atoms in total. The summed E-state index contributed by atoms with van der Waals surface area (Å²) in [7, 11) is 0. The van der Waals surface area contributed by atoms with Crippen LogP contribution < -0.4 is 20.7 Å². The number of amides is 2. The van der Waals surface area contributed by atoms with E-state index in [0.717, 1.165) is 29.7 Å². The van der Waals surface area contributed by atoms with Gasteiger partial charge in [-0.05, 0) is 55.5 Å². The average molecular weight is 535 g/mol. The molecule has 3 aromatic heterocycles. The Kier molecular flexibility index (Phi) is 5.22. The molecule has 3 aliphatic rings. The number of H-pyrrole nitrogens is 1. The van der Waals surface area contributed by atoms with Crippen LogP contribution >= 0.6 is 11.6 Å². The van der Waals surface area contributed by atoms with Crippen LogP contribution in [0.15, 0.2) is 45.7 Å². The van der Waals surface area contributed by atoms with E-state index in [0.29, 0.717) is 40.7 Å². The smallest absolute Gasteiger partial charge is 0.434 e. The highest BCUT2D eigenvalue weighted by atomic mass is 35.5. The number of nitrogens with zero attached hydrogens (tertiary/aromatic N) is 4. The van der Waals surface area contributed by atoms with Gasteiger partial charge in [-0.2, -0.15) is 0 Å². The number of halogens is 2. The number of carbonyl (C=O) groups is 1. The summed E-state index contributed by atoms with van der Waals surface area (Å²) in [6, 6.07) is 7.69. The van der Waals surface area contributed by atoms with Crippen molar-refractivity contribution in [1.82, 2.24) is 20.2 Å². The van der Waals surface area contributed by atoms with Gasteiger partial charge in [0.15, 0.2) is 0 Å². The second-order valence-corrected chi connectivity index (χ2v) is 9.96. The van der Waals surface area contributed by atoms with Crippen LogP contribution in [0.3, 0.4) is 0 Å². The van der Waals surface area contributed by atoms with E-state index in [4.69, 9.17) is 25.7 Å². The Bertz CT molecular complexity index is 1670. The normalized spacial score (nSPS) is 18.4. The molecule has 5 heterocycles. The van der Waals surface area contributed by atoms with E-state index < -0.39 is 17.7 Å². The first-order valence-electron chi connectivity index (χ1n) is 12.2. The van der Waals surface area contributed by atoms with Crippen LogP contribution in [0.1, 0.15) is 53.8 Å². The molecule has 1 saturated carbocycles. The minimum absolute atomic E-state index is 0.0603. The minimum atomic E-state index is -0.681. The number of benzene rings is 1.